The van der Waals surface area contributed by atoms with Crippen LogP contribution in [0.1, 0.15) is 19.8 Å². The van der Waals surface area contributed by atoms with Crippen LogP contribution < -0.4 is 10.6 Å². The van der Waals surface area contributed by atoms with Crippen LogP contribution in [0.4, 0.5) is 0 Å². The summed E-state index contributed by atoms with van der Waals surface area (Å²) < 4.78 is 0. The van der Waals surface area contributed by atoms with Gasteiger partial charge in [-0.3, -0.25) is 4.99 Å². The molecule has 1 saturated carbocycles. The van der Waals surface area contributed by atoms with Gasteiger partial charge in [0.25, 0.3) is 0 Å². The Hall–Kier alpha value is -0.180. The van der Waals surface area contributed by atoms with Crippen LogP contribution >= 0.6 is 47.3 Å². The van der Waals surface area contributed by atoms with Crippen LogP contribution in [0, 0.1) is 5.41 Å². The fourth-order valence-corrected chi connectivity index (χ4v) is 2.89. The van der Waals surface area contributed by atoms with Gasteiger partial charge in [-0.1, -0.05) is 11.6 Å². The molecular formula is C16H25ClIN3OS. The first kappa shape index (κ1) is 20.9. The Balaban J connectivity index is 0.00000264. The van der Waals surface area contributed by atoms with Crippen molar-refractivity contribution in [3.05, 3.63) is 29.3 Å². The van der Waals surface area contributed by atoms with Gasteiger partial charge in [0.15, 0.2) is 5.96 Å². The van der Waals surface area contributed by atoms with Gasteiger partial charge in [0, 0.05) is 34.2 Å². The van der Waals surface area contributed by atoms with Gasteiger partial charge in [-0.15, -0.1) is 35.7 Å². The summed E-state index contributed by atoms with van der Waals surface area (Å²) in [5.41, 5.74) is 0.0560. The summed E-state index contributed by atoms with van der Waals surface area (Å²) in [5.74, 6) is 1.79. The summed E-state index contributed by atoms with van der Waals surface area (Å²) in [4.78, 5) is 5.80. The van der Waals surface area contributed by atoms with Crippen molar-refractivity contribution in [1.82, 2.24) is 10.6 Å². The molecule has 1 aromatic rings. The Morgan fingerprint density at radius 2 is 2.00 bits per heavy atom. The second kappa shape index (κ2) is 10.6. The molecule has 2 rings (SSSR count). The minimum atomic E-state index is 0. The minimum absolute atomic E-state index is 0. The summed E-state index contributed by atoms with van der Waals surface area (Å²) >= 11 is 7.66. The Kier molecular flexibility index (Phi) is 9.65. The molecule has 130 valence electrons. The lowest BCUT2D eigenvalue weighted by atomic mass is 10.1. The second-order valence-electron chi connectivity index (χ2n) is 5.58. The molecule has 4 nitrogen and oxygen atoms in total. The lowest BCUT2D eigenvalue weighted by Gasteiger charge is -2.13. The van der Waals surface area contributed by atoms with E-state index in [1.54, 1.807) is 11.8 Å². The highest BCUT2D eigenvalue weighted by molar-refractivity contribution is 14.0. The van der Waals surface area contributed by atoms with Gasteiger partial charge >= 0.3 is 0 Å². The van der Waals surface area contributed by atoms with E-state index < -0.39 is 0 Å². The van der Waals surface area contributed by atoms with Crippen molar-refractivity contribution in [2.75, 3.05) is 32.0 Å². The van der Waals surface area contributed by atoms with E-state index in [2.05, 4.69) is 22.5 Å². The third-order valence-corrected chi connectivity index (χ3v) is 4.95. The van der Waals surface area contributed by atoms with Crippen LogP contribution in [0.2, 0.25) is 5.02 Å². The van der Waals surface area contributed by atoms with Crippen molar-refractivity contribution in [3.8, 4) is 0 Å². The average molecular weight is 470 g/mol. The van der Waals surface area contributed by atoms with Crippen molar-refractivity contribution in [2.24, 2.45) is 10.4 Å². The number of hydrogen-bond donors (Lipinski definition) is 3. The van der Waals surface area contributed by atoms with E-state index in [4.69, 9.17) is 11.6 Å². The molecule has 1 aliphatic rings. The zero-order valence-corrected chi connectivity index (χ0v) is 17.3. The number of thioether (sulfide) groups is 1. The van der Waals surface area contributed by atoms with E-state index in [0.717, 1.165) is 42.7 Å². The van der Waals surface area contributed by atoms with Gasteiger partial charge < -0.3 is 15.7 Å². The third kappa shape index (κ3) is 7.49. The van der Waals surface area contributed by atoms with Crippen LogP contribution in [0.25, 0.3) is 0 Å². The van der Waals surface area contributed by atoms with Crippen LogP contribution in [-0.2, 0) is 0 Å². The maximum absolute atomic E-state index is 9.34. The van der Waals surface area contributed by atoms with Crippen molar-refractivity contribution in [1.29, 1.82) is 0 Å². The quantitative estimate of drug-likeness (QED) is 0.180. The monoisotopic (exact) mass is 469 g/mol. The SMILES string of the molecule is CCNC(=NCC1(CO)CC1)NCCSc1ccc(Cl)cc1.I. The van der Waals surface area contributed by atoms with Crippen molar-refractivity contribution in [3.63, 3.8) is 0 Å². The number of aliphatic imine (C=N–C) groups is 1. The second-order valence-corrected chi connectivity index (χ2v) is 7.19. The number of nitrogens with zero attached hydrogens (tertiary/aromatic N) is 1. The van der Waals surface area contributed by atoms with E-state index in [-0.39, 0.29) is 36.0 Å². The van der Waals surface area contributed by atoms with E-state index in [9.17, 15) is 5.11 Å². The number of benzene rings is 1. The van der Waals surface area contributed by atoms with Gasteiger partial charge in [-0.2, -0.15) is 0 Å². The molecule has 3 N–H and O–H groups in total. The highest BCUT2D eigenvalue weighted by atomic mass is 127. The third-order valence-electron chi connectivity index (χ3n) is 3.69. The molecule has 0 aromatic heterocycles. The van der Waals surface area contributed by atoms with Crippen LogP contribution in [0.5, 0.6) is 0 Å². The lowest BCUT2D eigenvalue weighted by molar-refractivity contribution is 0.217. The zero-order valence-electron chi connectivity index (χ0n) is 13.3. The van der Waals surface area contributed by atoms with Gasteiger partial charge in [0.05, 0.1) is 13.2 Å². The molecule has 0 heterocycles. The summed E-state index contributed by atoms with van der Waals surface area (Å²) in [7, 11) is 0. The largest absolute Gasteiger partial charge is 0.396 e. The molecule has 1 aromatic carbocycles. The van der Waals surface area contributed by atoms with E-state index in [1.165, 1.54) is 4.90 Å². The molecule has 0 bridgehead atoms. The Morgan fingerprint density at radius 3 is 2.57 bits per heavy atom. The Morgan fingerprint density at radius 1 is 1.30 bits per heavy atom. The summed E-state index contributed by atoms with van der Waals surface area (Å²) in [6.45, 7) is 4.66. The number of nitrogens with one attached hydrogen (secondary N) is 2. The first-order valence-electron chi connectivity index (χ1n) is 7.69. The highest BCUT2D eigenvalue weighted by Gasteiger charge is 2.41. The molecule has 0 saturated heterocycles. The van der Waals surface area contributed by atoms with Gasteiger partial charge in [-0.25, -0.2) is 0 Å². The molecule has 0 atom stereocenters. The minimum Gasteiger partial charge on any atom is -0.396 e. The normalized spacial score (nSPS) is 15.7. The van der Waals surface area contributed by atoms with E-state index in [0.29, 0.717) is 6.54 Å². The molecule has 1 fully saturated rings. The van der Waals surface area contributed by atoms with Crippen molar-refractivity contribution >= 4 is 53.3 Å². The number of aliphatic hydroxyl groups is 1. The number of guanidine groups is 1. The lowest BCUT2D eigenvalue weighted by Crippen LogP contribution is -2.39. The maximum atomic E-state index is 9.34. The van der Waals surface area contributed by atoms with Crippen LogP contribution in [-0.4, -0.2) is 43.1 Å². The van der Waals surface area contributed by atoms with E-state index in [1.807, 2.05) is 24.3 Å². The van der Waals surface area contributed by atoms with Gasteiger partial charge in [0.2, 0.25) is 0 Å². The fourth-order valence-electron chi connectivity index (χ4n) is 2.00. The molecule has 0 radical (unpaired) electrons. The molecule has 0 amide bonds. The topological polar surface area (TPSA) is 56.7 Å². The van der Waals surface area contributed by atoms with Crippen molar-refractivity contribution < 1.29 is 5.11 Å². The number of halogens is 2. The summed E-state index contributed by atoms with van der Waals surface area (Å²) in [6, 6.07) is 7.88. The predicted molar refractivity (Wildman–Crippen MR) is 110 cm³/mol. The summed E-state index contributed by atoms with van der Waals surface area (Å²) in [5, 5.41) is 16.7. The molecule has 7 heteroatoms. The number of rotatable bonds is 8. The van der Waals surface area contributed by atoms with Crippen molar-refractivity contribution in [2.45, 2.75) is 24.7 Å². The molecule has 0 unspecified atom stereocenters. The Labute approximate surface area is 164 Å². The first-order chi connectivity index (χ1) is 10.7. The predicted octanol–water partition coefficient (Wildman–Crippen LogP) is 3.38. The van der Waals surface area contributed by atoms with Crippen LogP contribution in [0.15, 0.2) is 34.2 Å². The maximum Gasteiger partial charge on any atom is 0.191 e. The molecular weight excluding hydrogens is 445 g/mol. The van der Waals surface area contributed by atoms with Gasteiger partial charge in [-0.05, 0) is 44.0 Å². The number of aliphatic hydroxyl groups excluding tert-OH is 1. The smallest absolute Gasteiger partial charge is 0.191 e. The standard InChI is InChI=1S/C16H24ClN3OS.HI/c1-2-18-15(20-11-16(12-21)7-8-16)19-9-10-22-14-5-3-13(17)4-6-14;/h3-6,21H,2,7-12H2,1H3,(H2,18,19,20);1H. The molecule has 0 aliphatic heterocycles. The first-order valence-corrected chi connectivity index (χ1v) is 9.05. The molecule has 0 spiro atoms. The van der Waals surface area contributed by atoms with E-state index >= 15 is 0 Å². The van der Waals surface area contributed by atoms with Crippen LogP contribution in [0.3, 0.4) is 0 Å². The Bertz CT molecular complexity index is 495. The highest BCUT2D eigenvalue weighted by Crippen LogP contribution is 2.45. The molecule has 1 aliphatic carbocycles. The molecule has 23 heavy (non-hydrogen) atoms. The zero-order chi connectivity index (χ0) is 15.8. The fraction of sp³-hybridized carbons (Fsp3) is 0.562. The van der Waals surface area contributed by atoms with Gasteiger partial charge in [0.1, 0.15) is 0 Å². The average Bonchev–Trinajstić information content (AvgIpc) is 3.31. The number of hydrogen-bond acceptors (Lipinski definition) is 3. The summed E-state index contributed by atoms with van der Waals surface area (Å²) in [6.07, 6.45) is 2.16.